The fraction of sp³-hybridized carbons (Fsp3) is 0.450. The van der Waals surface area contributed by atoms with Gasteiger partial charge in [0.15, 0.2) is 11.5 Å². The lowest BCUT2D eigenvalue weighted by Gasteiger charge is -2.60. The van der Waals surface area contributed by atoms with Gasteiger partial charge in [-0.25, -0.2) is 4.98 Å². The quantitative estimate of drug-likeness (QED) is 0.440. The van der Waals surface area contributed by atoms with Gasteiger partial charge in [0.05, 0.1) is 22.6 Å². The third kappa shape index (κ3) is 3.17. The molecule has 1 saturated carbocycles. The van der Waals surface area contributed by atoms with Crippen LogP contribution in [0.2, 0.25) is 5.02 Å². The number of fused-ring (bicyclic) bond motifs is 1. The molecule has 1 spiro atoms. The van der Waals surface area contributed by atoms with Crippen LogP contribution in [0.1, 0.15) is 12.8 Å². The molecule has 0 radical (unpaired) electrons. The van der Waals surface area contributed by atoms with Crippen LogP contribution in [0.25, 0.3) is 5.65 Å². The molecule has 2 aromatic heterocycles. The number of nitrogen functional groups attached to an aromatic ring is 2. The summed E-state index contributed by atoms with van der Waals surface area (Å²) in [5.41, 5.74) is 15.5. The molecule has 6 N–H and O–H groups in total. The maximum absolute atomic E-state index is 6.80. The predicted molar refractivity (Wildman–Crippen MR) is 123 cm³/mol. The van der Waals surface area contributed by atoms with E-state index in [1.165, 1.54) is 0 Å². The Kier molecular flexibility index (Phi) is 3.94. The largest absolute Gasteiger partial charge is 0.399 e. The number of hydrogen-bond donors (Lipinski definition) is 4. The molecule has 4 heterocycles. The monoisotopic (exact) mass is 440 g/mol. The first-order valence-electron chi connectivity index (χ1n) is 10.5. The molecule has 1 aromatic carbocycles. The van der Waals surface area contributed by atoms with E-state index in [1.807, 2.05) is 6.07 Å². The Balaban J connectivity index is 1.31. The van der Waals surface area contributed by atoms with Crippen molar-refractivity contribution in [3.05, 3.63) is 23.4 Å². The molecule has 0 amide bonds. The van der Waals surface area contributed by atoms with Crippen molar-refractivity contribution in [2.75, 3.05) is 60.2 Å². The number of benzene rings is 1. The molecule has 1 aliphatic carbocycles. The predicted octanol–water partition coefficient (Wildman–Crippen LogP) is 2.01. The SMILES string of the molecule is CN1CC2(C1)CN(c1cc(N)cc(Nc3nc(NC4CC4)c4ncc(N)n4n3)c1Cl)C2. The van der Waals surface area contributed by atoms with Crippen LogP contribution in [0.15, 0.2) is 18.3 Å². The Morgan fingerprint density at radius 1 is 1.16 bits per heavy atom. The summed E-state index contributed by atoms with van der Waals surface area (Å²) in [4.78, 5) is 13.6. The summed E-state index contributed by atoms with van der Waals surface area (Å²) in [5, 5.41) is 11.7. The number of anilines is 6. The molecule has 2 saturated heterocycles. The lowest BCUT2D eigenvalue weighted by atomic mass is 9.73. The van der Waals surface area contributed by atoms with E-state index in [-0.39, 0.29) is 0 Å². The van der Waals surface area contributed by atoms with E-state index in [2.05, 4.69) is 42.5 Å². The maximum atomic E-state index is 6.80. The number of imidazole rings is 1. The van der Waals surface area contributed by atoms with Gasteiger partial charge in [-0.15, -0.1) is 5.10 Å². The summed E-state index contributed by atoms with van der Waals surface area (Å²) >= 11 is 6.80. The molecule has 31 heavy (non-hydrogen) atoms. The Hall–Kier alpha value is -2.98. The fourth-order valence-corrected chi connectivity index (χ4v) is 5.05. The number of rotatable bonds is 5. The number of nitrogens with two attached hydrogens (primary N) is 2. The van der Waals surface area contributed by atoms with E-state index >= 15 is 0 Å². The second-order valence-electron chi connectivity index (χ2n) is 9.18. The summed E-state index contributed by atoms with van der Waals surface area (Å²) in [6.45, 7) is 4.24. The Labute approximate surface area is 184 Å². The van der Waals surface area contributed by atoms with Gasteiger partial charge in [0.2, 0.25) is 5.95 Å². The Bertz CT molecular complexity index is 1170. The zero-order valence-corrected chi connectivity index (χ0v) is 18.0. The highest BCUT2D eigenvalue weighted by atomic mass is 35.5. The third-order valence-electron chi connectivity index (χ3n) is 6.23. The molecule has 0 bridgehead atoms. The van der Waals surface area contributed by atoms with Gasteiger partial charge < -0.3 is 31.9 Å². The molecule has 3 aliphatic rings. The second kappa shape index (κ2) is 6.51. The first-order chi connectivity index (χ1) is 14.9. The lowest BCUT2D eigenvalue weighted by molar-refractivity contribution is -0.00236. The van der Waals surface area contributed by atoms with Crippen LogP contribution in [0.5, 0.6) is 0 Å². The number of nitrogens with zero attached hydrogens (tertiary/aromatic N) is 6. The molecular weight excluding hydrogens is 416 g/mol. The molecule has 162 valence electrons. The molecule has 0 atom stereocenters. The summed E-state index contributed by atoms with van der Waals surface area (Å²) in [7, 11) is 2.15. The van der Waals surface area contributed by atoms with Gasteiger partial charge in [-0.1, -0.05) is 11.6 Å². The van der Waals surface area contributed by atoms with Crippen LogP contribution in [0.4, 0.5) is 34.6 Å². The molecule has 3 fully saturated rings. The highest BCUT2D eigenvalue weighted by Gasteiger charge is 2.50. The smallest absolute Gasteiger partial charge is 0.247 e. The van der Waals surface area contributed by atoms with Gasteiger partial charge in [-0.05, 0) is 32.0 Å². The summed E-state index contributed by atoms with van der Waals surface area (Å²) < 4.78 is 1.58. The van der Waals surface area contributed by atoms with Crippen molar-refractivity contribution in [3.8, 4) is 0 Å². The highest BCUT2D eigenvalue weighted by Crippen LogP contribution is 2.45. The average molecular weight is 441 g/mol. The van der Waals surface area contributed by atoms with E-state index in [4.69, 9.17) is 23.1 Å². The fourth-order valence-electron chi connectivity index (χ4n) is 4.77. The zero-order valence-electron chi connectivity index (χ0n) is 17.3. The van der Waals surface area contributed by atoms with Crippen LogP contribution in [-0.4, -0.2) is 63.8 Å². The first-order valence-corrected chi connectivity index (χ1v) is 10.8. The topological polar surface area (TPSA) is 126 Å². The number of halogens is 1. The molecule has 6 rings (SSSR count). The Morgan fingerprint density at radius 2 is 1.94 bits per heavy atom. The minimum absolute atomic E-state index is 0.375. The third-order valence-corrected chi connectivity index (χ3v) is 6.63. The van der Waals surface area contributed by atoms with Crippen LogP contribution in [0, 0.1) is 5.41 Å². The van der Waals surface area contributed by atoms with E-state index < -0.39 is 0 Å². The molecule has 0 unspecified atom stereocenters. The Morgan fingerprint density at radius 3 is 2.65 bits per heavy atom. The van der Waals surface area contributed by atoms with Gasteiger partial charge in [0.25, 0.3) is 0 Å². The van der Waals surface area contributed by atoms with Crippen molar-refractivity contribution < 1.29 is 0 Å². The highest BCUT2D eigenvalue weighted by molar-refractivity contribution is 6.36. The van der Waals surface area contributed by atoms with Crippen LogP contribution in [-0.2, 0) is 0 Å². The van der Waals surface area contributed by atoms with Gasteiger partial charge in [-0.3, -0.25) is 0 Å². The van der Waals surface area contributed by atoms with Crippen molar-refractivity contribution >= 4 is 51.9 Å². The van der Waals surface area contributed by atoms with E-state index in [0.717, 1.165) is 44.7 Å². The minimum atomic E-state index is 0.375. The van der Waals surface area contributed by atoms with Crippen molar-refractivity contribution in [1.29, 1.82) is 0 Å². The zero-order chi connectivity index (χ0) is 21.3. The summed E-state index contributed by atoms with van der Waals surface area (Å²) in [6, 6.07) is 4.15. The maximum Gasteiger partial charge on any atom is 0.247 e. The van der Waals surface area contributed by atoms with E-state index in [9.17, 15) is 0 Å². The molecule has 11 heteroatoms. The van der Waals surface area contributed by atoms with Gasteiger partial charge in [-0.2, -0.15) is 9.50 Å². The lowest BCUT2D eigenvalue weighted by Crippen LogP contribution is -2.71. The number of nitrogens with one attached hydrogen (secondary N) is 2. The van der Waals surface area contributed by atoms with Crippen molar-refractivity contribution in [1.82, 2.24) is 24.5 Å². The molecule has 3 aromatic rings. The average Bonchev–Trinajstić information content (AvgIpc) is 3.41. The van der Waals surface area contributed by atoms with E-state index in [0.29, 0.717) is 51.1 Å². The summed E-state index contributed by atoms with van der Waals surface area (Å²) in [6.07, 6.45) is 3.81. The van der Waals surface area contributed by atoms with Crippen molar-refractivity contribution in [2.24, 2.45) is 5.41 Å². The second-order valence-corrected chi connectivity index (χ2v) is 9.55. The van der Waals surface area contributed by atoms with Gasteiger partial charge in [0.1, 0.15) is 5.82 Å². The number of likely N-dealkylation sites (tertiary alicyclic amines) is 1. The summed E-state index contributed by atoms with van der Waals surface area (Å²) in [5.74, 6) is 1.46. The van der Waals surface area contributed by atoms with Crippen LogP contribution < -0.4 is 27.0 Å². The van der Waals surface area contributed by atoms with Gasteiger partial charge in [0, 0.05) is 43.3 Å². The van der Waals surface area contributed by atoms with Crippen molar-refractivity contribution in [3.63, 3.8) is 0 Å². The first kappa shape index (κ1) is 18.8. The molecule has 2 aliphatic heterocycles. The van der Waals surface area contributed by atoms with Crippen molar-refractivity contribution in [2.45, 2.75) is 18.9 Å². The standard InChI is InChI=1S/C20H25ClN10/c1-29-7-20(8-29)9-30(10-20)14-5-11(22)4-13(16(14)21)26-19-27-17(25-12-2-3-12)18-24-6-15(23)31(18)28-19/h4-6,12H,2-3,7-10,22-23H2,1H3,(H2,25,26,27,28). The van der Waals surface area contributed by atoms with Crippen LogP contribution >= 0.6 is 11.6 Å². The van der Waals surface area contributed by atoms with Gasteiger partial charge >= 0.3 is 0 Å². The number of hydrogen-bond acceptors (Lipinski definition) is 9. The minimum Gasteiger partial charge on any atom is -0.399 e. The number of aromatic nitrogens is 4. The van der Waals surface area contributed by atoms with Crippen LogP contribution in [0.3, 0.4) is 0 Å². The molecular formula is C20H25ClN10. The normalized spacial score (nSPS) is 20.0. The van der Waals surface area contributed by atoms with E-state index in [1.54, 1.807) is 16.8 Å². The molecule has 10 nitrogen and oxygen atoms in total.